The van der Waals surface area contributed by atoms with Gasteiger partial charge in [0.1, 0.15) is 0 Å². The third kappa shape index (κ3) is 1.62. The van der Waals surface area contributed by atoms with Crippen molar-refractivity contribution in [2.75, 3.05) is 6.54 Å². The summed E-state index contributed by atoms with van der Waals surface area (Å²) in [6, 6.07) is 0. The van der Waals surface area contributed by atoms with Crippen LogP contribution in [-0.4, -0.2) is 12.5 Å². The highest BCUT2D eigenvalue weighted by Crippen LogP contribution is 2.38. The van der Waals surface area contributed by atoms with Gasteiger partial charge >= 0.3 is 0 Å². The highest BCUT2D eigenvalue weighted by Gasteiger charge is 2.39. The maximum Gasteiger partial charge on any atom is 0.226 e. The zero-order valence-corrected chi connectivity index (χ0v) is 8.01. The third-order valence-electron chi connectivity index (χ3n) is 3.35. The molecule has 13 heavy (non-hydrogen) atoms. The summed E-state index contributed by atoms with van der Waals surface area (Å²) in [5, 5.41) is 3.00. The molecule has 0 aromatic rings. The van der Waals surface area contributed by atoms with Crippen LogP contribution in [0.1, 0.15) is 38.5 Å². The Morgan fingerprint density at radius 1 is 1.15 bits per heavy atom. The zero-order valence-electron chi connectivity index (χ0n) is 8.01. The van der Waals surface area contributed by atoms with Gasteiger partial charge in [0, 0.05) is 12.0 Å². The van der Waals surface area contributed by atoms with Crippen molar-refractivity contribution in [3.63, 3.8) is 0 Å². The second-order valence-electron chi connectivity index (χ2n) is 4.19. The predicted molar refractivity (Wildman–Crippen MR) is 52.3 cm³/mol. The fraction of sp³-hybridized carbons (Fsp3) is 0.727. The number of rotatable bonds is 0. The molecular formula is C11H17NO. The number of carbonyl (C=O) groups is 1. The quantitative estimate of drug-likeness (QED) is 0.566. The molecule has 0 radical (unpaired) electrons. The standard InChI is InChI=1S/C11H17NO/c13-10-11(8-5-9-12-10)6-3-1-2-4-7-11/h1-2H,3-9H2,(H,12,13). The zero-order chi connectivity index (χ0) is 9.15. The van der Waals surface area contributed by atoms with Crippen molar-refractivity contribution in [2.24, 2.45) is 5.41 Å². The van der Waals surface area contributed by atoms with Gasteiger partial charge in [-0.05, 0) is 38.5 Å². The lowest BCUT2D eigenvalue weighted by Gasteiger charge is -2.35. The Bertz CT molecular complexity index is 222. The SMILES string of the molecule is O=C1NCCCC12CCC=CCC2. The van der Waals surface area contributed by atoms with Gasteiger partial charge in [0.2, 0.25) is 5.91 Å². The molecule has 1 fully saturated rings. The molecule has 1 aliphatic heterocycles. The minimum atomic E-state index is -0.0122. The van der Waals surface area contributed by atoms with Crippen LogP contribution < -0.4 is 5.32 Å². The number of piperidine rings is 1. The number of allylic oxidation sites excluding steroid dienone is 2. The Balaban J connectivity index is 2.12. The van der Waals surface area contributed by atoms with E-state index in [-0.39, 0.29) is 5.41 Å². The minimum absolute atomic E-state index is 0.0122. The second-order valence-corrected chi connectivity index (χ2v) is 4.19. The predicted octanol–water partition coefficient (Wildman–Crippen LogP) is 2.01. The maximum atomic E-state index is 11.8. The molecule has 0 aromatic carbocycles. The molecule has 0 bridgehead atoms. The molecule has 0 atom stereocenters. The van der Waals surface area contributed by atoms with E-state index >= 15 is 0 Å². The van der Waals surface area contributed by atoms with E-state index in [0.717, 1.165) is 45.1 Å². The normalized spacial score (nSPS) is 26.9. The number of hydrogen-bond donors (Lipinski definition) is 1. The van der Waals surface area contributed by atoms with E-state index in [1.54, 1.807) is 0 Å². The summed E-state index contributed by atoms with van der Waals surface area (Å²) in [4.78, 5) is 11.8. The van der Waals surface area contributed by atoms with Gasteiger partial charge in [-0.15, -0.1) is 0 Å². The lowest BCUT2D eigenvalue weighted by molar-refractivity contribution is -0.134. The van der Waals surface area contributed by atoms with Gasteiger partial charge < -0.3 is 5.32 Å². The van der Waals surface area contributed by atoms with Crippen LogP contribution in [0, 0.1) is 5.41 Å². The molecule has 1 N–H and O–H groups in total. The molecule has 2 nitrogen and oxygen atoms in total. The van der Waals surface area contributed by atoms with E-state index < -0.39 is 0 Å². The van der Waals surface area contributed by atoms with E-state index in [1.165, 1.54) is 0 Å². The van der Waals surface area contributed by atoms with Crippen LogP contribution in [0.4, 0.5) is 0 Å². The van der Waals surface area contributed by atoms with Crippen LogP contribution in [0.2, 0.25) is 0 Å². The Hall–Kier alpha value is -0.790. The molecule has 0 saturated carbocycles. The summed E-state index contributed by atoms with van der Waals surface area (Å²) in [6.07, 6.45) is 10.9. The molecule has 1 saturated heterocycles. The van der Waals surface area contributed by atoms with Crippen molar-refractivity contribution < 1.29 is 4.79 Å². The van der Waals surface area contributed by atoms with Gasteiger partial charge in [-0.2, -0.15) is 0 Å². The number of carbonyl (C=O) groups excluding carboxylic acids is 1. The fourth-order valence-corrected chi connectivity index (χ4v) is 2.49. The lowest BCUT2D eigenvalue weighted by atomic mass is 9.74. The smallest absolute Gasteiger partial charge is 0.226 e. The topological polar surface area (TPSA) is 29.1 Å². The summed E-state index contributed by atoms with van der Waals surface area (Å²) in [7, 11) is 0. The van der Waals surface area contributed by atoms with Crippen molar-refractivity contribution in [3.8, 4) is 0 Å². The molecule has 2 rings (SSSR count). The maximum absolute atomic E-state index is 11.8. The fourth-order valence-electron chi connectivity index (χ4n) is 2.49. The monoisotopic (exact) mass is 179 g/mol. The summed E-state index contributed by atoms with van der Waals surface area (Å²) in [6.45, 7) is 0.883. The Morgan fingerprint density at radius 3 is 2.46 bits per heavy atom. The van der Waals surface area contributed by atoms with Crippen LogP contribution in [0.3, 0.4) is 0 Å². The van der Waals surface area contributed by atoms with Crippen molar-refractivity contribution in [3.05, 3.63) is 12.2 Å². The number of nitrogens with one attached hydrogen (secondary N) is 1. The molecule has 0 unspecified atom stereocenters. The van der Waals surface area contributed by atoms with E-state index in [4.69, 9.17) is 0 Å². The second kappa shape index (κ2) is 3.52. The Kier molecular flexibility index (Phi) is 2.38. The summed E-state index contributed by atoms with van der Waals surface area (Å²) in [5.41, 5.74) is -0.0122. The highest BCUT2D eigenvalue weighted by atomic mass is 16.2. The molecular weight excluding hydrogens is 162 g/mol. The summed E-state index contributed by atoms with van der Waals surface area (Å²) >= 11 is 0. The lowest BCUT2D eigenvalue weighted by Crippen LogP contribution is -2.45. The molecule has 1 heterocycles. The first-order valence-electron chi connectivity index (χ1n) is 5.27. The van der Waals surface area contributed by atoms with Gasteiger partial charge in [0.05, 0.1) is 0 Å². The van der Waals surface area contributed by atoms with Crippen molar-refractivity contribution in [1.82, 2.24) is 5.32 Å². The first-order valence-corrected chi connectivity index (χ1v) is 5.27. The van der Waals surface area contributed by atoms with Crippen LogP contribution in [-0.2, 0) is 4.79 Å². The summed E-state index contributed by atoms with van der Waals surface area (Å²) in [5.74, 6) is 0.308. The number of hydrogen-bond acceptors (Lipinski definition) is 1. The van der Waals surface area contributed by atoms with Crippen molar-refractivity contribution in [2.45, 2.75) is 38.5 Å². The van der Waals surface area contributed by atoms with E-state index in [2.05, 4.69) is 17.5 Å². The largest absolute Gasteiger partial charge is 0.356 e. The van der Waals surface area contributed by atoms with Gasteiger partial charge in [0.15, 0.2) is 0 Å². The van der Waals surface area contributed by atoms with Crippen LogP contribution in [0.5, 0.6) is 0 Å². The highest BCUT2D eigenvalue weighted by molar-refractivity contribution is 5.83. The third-order valence-corrected chi connectivity index (χ3v) is 3.35. The molecule has 2 heteroatoms. The molecule has 1 amide bonds. The molecule has 0 aromatic heterocycles. The van der Waals surface area contributed by atoms with E-state index in [1.807, 2.05) is 0 Å². The molecule has 1 aliphatic carbocycles. The first kappa shape index (κ1) is 8.79. The van der Waals surface area contributed by atoms with Gasteiger partial charge in [-0.3, -0.25) is 4.79 Å². The average molecular weight is 179 g/mol. The summed E-state index contributed by atoms with van der Waals surface area (Å²) < 4.78 is 0. The van der Waals surface area contributed by atoms with Crippen molar-refractivity contribution >= 4 is 5.91 Å². The molecule has 1 spiro atoms. The van der Waals surface area contributed by atoms with Crippen molar-refractivity contribution in [1.29, 1.82) is 0 Å². The Morgan fingerprint density at radius 2 is 1.85 bits per heavy atom. The average Bonchev–Trinajstić information content (AvgIpc) is 2.37. The molecule has 72 valence electrons. The van der Waals surface area contributed by atoms with E-state index in [0.29, 0.717) is 5.91 Å². The minimum Gasteiger partial charge on any atom is -0.356 e. The van der Waals surface area contributed by atoms with Gasteiger partial charge in [0.25, 0.3) is 0 Å². The van der Waals surface area contributed by atoms with Crippen LogP contribution in [0.15, 0.2) is 12.2 Å². The van der Waals surface area contributed by atoms with Gasteiger partial charge in [-0.1, -0.05) is 12.2 Å². The van der Waals surface area contributed by atoms with Crippen LogP contribution in [0.25, 0.3) is 0 Å². The first-order chi connectivity index (χ1) is 6.33. The van der Waals surface area contributed by atoms with Crippen LogP contribution >= 0.6 is 0 Å². The van der Waals surface area contributed by atoms with Gasteiger partial charge in [-0.25, -0.2) is 0 Å². The molecule has 2 aliphatic rings. The Labute approximate surface area is 79.4 Å². The number of amides is 1. The van der Waals surface area contributed by atoms with E-state index in [9.17, 15) is 4.79 Å².